The van der Waals surface area contributed by atoms with Gasteiger partial charge in [0.15, 0.2) is 0 Å². The summed E-state index contributed by atoms with van der Waals surface area (Å²) >= 11 is 0. The van der Waals surface area contributed by atoms with Crippen molar-refractivity contribution >= 4 is 0 Å². The van der Waals surface area contributed by atoms with Crippen LogP contribution < -0.4 is 5.56 Å². The molecule has 1 aromatic heterocycles. The zero-order valence-corrected chi connectivity index (χ0v) is 12.3. The molecule has 2 aromatic rings. The topological polar surface area (TPSA) is 58.7 Å². The van der Waals surface area contributed by atoms with Gasteiger partial charge in [-0.25, -0.2) is 9.07 Å². The summed E-state index contributed by atoms with van der Waals surface area (Å²) in [6.07, 6.45) is -3.39. The Labute approximate surface area is 134 Å². The van der Waals surface area contributed by atoms with Crippen molar-refractivity contribution in [3.8, 4) is 6.07 Å². The molecule has 3 rings (SSSR count). The summed E-state index contributed by atoms with van der Waals surface area (Å²) in [6, 6.07) is 6.07. The normalized spacial score (nSPS) is 14.5. The highest BCUT2D eigenvalue weighted by molar-refractivity contribution is 5.34. The maximum atomic E-state index is 13.9. The van der Waals surface area contributed by atoms with Crippen LogP contribution in [0.3, 0.4) is 0 Å². The minimum absolute atomic E-state index is 0.0651. The van der Waals surface area contributed by atoms with Gasteiger partial charge >= 0.3 is 6.18 Å². The molecule has 1 aromatic carbocycles. The largest absolute Gasteiger partial charge is 0.421 e. The molecule has 0 atom stereocenters. The molecule has 1 aliphatic rings. The lowest BCUT2D eigenvalue weighted by atomic mass is 10.1. The van der Waals surface area contributed by atoms with Gasteiger partial charge in [0.1, 0.15) is 11.4 Å². The minimum Gasteiger partial charge on any atom is -0.267 e. The SMILES string of the molecule is N#Cc1ccc(F)c(Cn2nc(C3CC3)cc(C(F)(F)F)c2=O)c1. The maximum Gasteiger partial charge on any atom is 0.421 e. The Kier molecular flexibility index (Phi) is 3.87. The van der Waals surface area contributed by atoms with E-state index in [0.717, 1.165) is 12.1 Å². The fourth-order valence-electron chi connectivity index (χ4n) is 2.38. The first-order chi connectivity index (χ1) is 11.3. The van der Waals surface area contributed by atoms with Crippen LogP contribution in [0.5, 0.6) is 0 Å². The number of rotatable bonds is 3. The molecule has 0 bridgehead atoms. The first-order valence-electron chi connectivity index (χ1n) is 7.17. The van der Waals surface area contributed by atoms with Crippen LogP contribution in [0.1, 0.15) is 41.1 Å². The highest BCUT2D eigenvalue weighted by Crippen LogP contribution is 2.40. The van der Waals surface area contributed by atoms with Crippen molar-refractivity contribution in [1.82, 2.24) is 9.78 Å². The lowest BCUT2D eigenvalue weighted by molar-refractivity contribution is -0.139. The number of alkyl halides is 3. The third-order valence-corrected chi connectivity index (χ3v) is 3.79. The molecule has 1 saturated carbocycles. The zero-order chi connectivity index (χ0) is 17.5. The Hall–Kier alpha value is -2.69. The Balaban J connectivity index is 2.09. The molecule has 0 saturated heterocycles. The van der Waals surface area contributed by atoms with Gasteiger partial charge in [-0.05, 0) is 37.1 Å². The lowest BCUT2D eigenvalue weighted by Crippen LogP contribution is -2.32. The van der Waals surface area contributed by atoms with E-state index in [0.29, 0.717) is 17.5 Å². The lowest BCUT2D eigenvalue weighted by Gasteiger charge is -2.13. The van der Waals surface area contributed by atoms with Crippen molar-refractivity contribution < 1.29 is 17.6 Å². The van der Waals surface area contributed by atoms with E-state index >= 15 is 0 Å². The van der Waals surface area contributed by atoms with Crippen molar-refractivity contribution in [3.63, 3.8) is 0 Å². The van der Waals surface area contributed by atoms with Gasteiger partial charge in [0, 0.05) is 11.5 Å². The highest BCUT2D eigenvalue weighted by Gasteiger charge is 2.37. The van der Waals surface area contributed by atoms with Crippen LogP contribution in [-0.4, -0.2) is 9.78 Å². The molecule has 124 valence electrons. The Morgan fingerprint density at radius 2 is 2.00 bits per heavy atom. The molecule has 1 heterocycles. The first-order valence-corrected chi connectivity index (χ1v) is 7.17. The van der Waals surface area contributed by atoms with Crippen LogP contribution in [-0.2, 0) is 12.7 Å². The molecule has 0 N–H and O–H groups in total. The van der Waals surface area contributed by atoms with Crippen molar-refractivity contribution in [2.75, 3.05) is 0 Å². The number of nitriles is 1. The van der Waals surface area contributed by atoms with E-state index in [9.17, 15) is 22.4 Å². The quantitative estimate of drug-likeness (QED) is 0.808. The second-order valence-corrected chi connectivity index (χ2v) is 5.64. The summed E-state index contributed by atoms with van der Waals surface area (Å²) in [4.78, 5) is 12.1. The number of benzene rings is 1. The number of halogens is 4. The van der Waals surface area contributed by atoms with Crippen LogP contribution >= 0.6 is 0 Å². The summed E-state index contributed by atoms with van der Waals surface area (Å²) in [7, 11) is 0. The van der Waals surface area contributed by atoms with Gasteiger partial charge in [0.2, 0.25) is 0 Å². The summed E-state index contributed by atoms with van der Waals surface area (Å²) in [5, 5.41) is 12.8. The molecular weight excluding hydrogens is 326 g/mol. The van der Waals surface area contributed by atoms with E-state index in [-0.39, 0.29) is 22.7 Å². The van der Waals surface area contributed by atoms with E-state index in [1.165, 1.54) is 12.1 Å². The number of nitrogens with zero attached hydrogens (tertiary/aromatic N) is 3. The predicted octanol–water partition coefficient (Wildman–Crippen LogP) is 3.20. The molecule has 0 unspecified atom stereocenters. The van der Waals surface area contributed by atoms with Gasteiger partial charge in [-0.15, -0.1) is 0 Å². The third kappa shape index (κ3) is 3.15. The summed E-state index contributed by atoms with van der Waals surface area (Å²) < 4.78 is 53.7. The number of hydrogen-bond acceptors (Lipinski definition) is 3. The maximum absolute atomic E-state index is 13.9. The standard InChI is InChI=1S/C16H11F4N3O/c17-13-4-1-9(7-21)5-11(13)8-23-15(24)12(16(18,19)20)6-14(22-23)10-2-3-10/h1,4-6,10H,2-3,8H2. The van der Waals surface area contributed by atoms with Crippen LogP contribution in [0.25, 0.3) is 0 Å². The van der Waals surface area contributed by atoms with E-state index in [2.05, 4.69) is 5.10 Å². The van der Waals surface area contributed by atoms with Crippen LogP contribution in [0.15, 0.2) is 29.1 Å². The smallest absolute Gasteiger partial charge is 0.267 e. The highest BCUT2D eigenvalue weighted by atomic mass is 19.4. The van der Waals surface area contributed by atoms with Gasteiger partial charge in [-0.2, -0.15) is 23.5 Å². The second kappa shape index (κ2) is 5.74. The molecule has 0 radical (unpaired) electrons. The van der Waals surface area contributed by atoms with Gasteiger partial charge in [-0.1, -0.05) is 0 Å². The van der Waals surface area contributed by atoms with Crippen molar-refractivity contribution in [1.29, 1.82) is 5.26 Å². The fourth-order valence-corrected chi connectivity index (χ4v) is 2.38. The molecule has 1 fully saturated rings. The van der Waals surface area contributed by atoms with Gasteiger partial charge in [-0.3, -0.25) is 4.79 Å². The first kappa shape index (κ1) is 16.2. The van der Waals surface area contributed by atoms with E-state index < -0.39 is 29.7 Å². The number of hydrogen-bond donors (Lipinski definition) is 0. The molecule has 0 aliphatic heterocycles. The molecule has 0 spiro atoms. The molecule has 4 nitrogen and oxygen atoms in total. The van der Waals surface area contributed by atoms with Crippen LogP contribution in [0.4, 0.5) is 17.6 Å². The van der Waals surface area contributed by atoms with E-state index in [4.69, 9.17) is 5.26 Å². The molecule has 0 amide bonds. The Morgan fingerprint density at radius 1 is 1.29 bits per heavy atom. The number of aromatic nitrogens is 2. The molecule has 8 heteroatoms. The summed E-state index contributed by atoms with van der Waals surface area (Å²) in [6.45, 7) is -0.468. The van der Waals surface area contributed by atoms with Crippen molar-refractivity contribution in [2.45, 2.75) is 31.5 Å². The van der Waals surface area contributed by atoms with Gasteiger partial charge < -0.3 is 0 Å². The van der Waals surface area contributed by atoms with Gasteiger partial charge in [0.25, 0.3) is 5.56 Å². The predicted molar refractivity (Wildman–Crippen MR) is 75.7 cm³/mol. The summed E-state index contributed by atoms with van der Waals surface area (Å²) in [5.41, 5.74) is -2.37. The monoisotopic (exact) mass is 337 g/mol. The Bertz CT molecular complexity index is 892. The minimum atomic E-state index is -4.81. The summed E-state index contributed by atoms with van der Waals surface area (Å²) in [5.74, 6) is -0.818. The van der Waals surface area contributed by atoms with Crippen molar-refractivity contribution in [3.05, 3.63) is 62.8 Å². The average molecular weight is 337 g/mol. The van der Waals surface area contributed by atoms with Gasteiger partial charge in [0.05, 0.1) is 23.9 Å². The molecule has 1 aliphatic carbocycles. The van der Waals surface area contributed by atoms with E-state index in [1.807, 2.05) is 6.07 Å². The van der Waals surface area contributed by atoms with Crippen molar-refractivity contribution in [2.24, 2.45) is 0 Å². The zero-order valence-electron chi connectivity index (χ0n) is 12.3. The fraction of sp³-hybridized carbons (Fsp3) is 0.312. The van der Waals surface area contributed by atoms with E-state index in [1.54, 1.807) is 0 Å². The molecular formula is C16H11F4N3O. The van der Waals surface area contributed by atoms with Crippen LogP contribution in [0, 0.1) is 17.1 Å². The second-order valence-electron chi connectivity index (χ2n) is 5.64. The average Bonchev–Trinajstić information content (AvgIpc) is 3.35. The third-order valence-electron chi connectivity index (χ3n) is 3.79. The molecule has 24 heavy (non-hydrogen) atoms. The Morgan fingerprint density at radius 3 is 2.58 bits per heavy atom. The van der Waals surface area contributed by atoms with Crippen LogP contribution in [0.2, 0.25) is 0 Å².